The molecule has 1 aromatic heterocycles. The van der Waals surface area contributed by atoms with Crippen LogP contribution in [-0.4, -0.2) is 23.3 Å². The van der Waals surface area contributed by atoms with Gasteiger partial charge in [0.25, 0.3) is 0 Å². The fourth-order valence-electron chi connectivity index (χ4n) is 2.84. The van der Waals surface area contributed by atoms with Gasteiger partial charge in [-0.2, -0.15) is 0 Å². The van der Waals surface area contributed by atoms with Crippen LogP contribution in [0.2, 0.25) is 0 Å². The Labute approximate surface area is 134 Å². The van der Waals surface area contributed by atoms with Crippen molar-refractivity contribution in [1.29, 1.82) is 0 Å². The molecular formula is C19H18N2O2. The molecule has 4 nitrogen and oxygen atoms in total. The predicted molar refractivity (Wildman–Crippen MR) is 91.8 cm³/mol. The van der Waals surface area contributed by atoms with E-state index in [2.05, 4.69) is 0 Å². The van der Waals surface area contributed by atoms with E-state index in [1.165, 1.54) is 0 Å². The Kier molecular flexibility index (Phi) is 4.24. The van der Waals surface area contributed by atoms with E-state index in [0.717, 1.165) is 22.9 Å². The molecule has 2 aromatic carbocycles. The van der Waals surface area contributed by atoms with Gasteiger partial charge >= 0.3 is 0 Å². The molecule has 3 rings (SSSR count). The van der Waals surface area contributed by atoms with E-state index >= 15 is 0 Å². The number of hydrogen-bond acceptors (Lipinski definition) is 2. The molecule has 0 saturated carbocycles. The van der Waals surface area contributed by atoms with E-state index in [1.54, 1.807) is 11.1 Å². The lowest BCUT2D eigenvalue weighted by atomic mass is 10.2. The van der Waals surface area contributed by atoms with Crippen LogP contribution in [0.1, 0.15) is 17.3 Å². The summed E-state index contributed by atoms with van der Waals surface area (Å²) in [6.45, 7) is 2.76. The molecular weight excluding hydrogens is 288 g/mol. The van der Waals surface area contributed by atoms with Gasteiger partial charge in [-0.05, 0) is 25.1 Å². The van der Waals surface area contributed by atoms with Crippen molar-refractivity contribution in [2.75, 3.05) is 11.4 Å². The maximum atomic E-state index is 12.7. The minimum atomic E-state index is -0.00287. The van der Waals surface area contributed by atoms with Gasteiger partial charge < -0.3 is 9.47 Å². The first-order valence-electron chi connectivity index (χ1n) is 7.63. The van der Waals surface area contributed by atoms with Crippen LogP contribution < -0.4 is 4.90 Å². The number of carbonyl (C=O) groups is 2. The molecule has 116 valence electrons. The summed E-state index contributed by atoms with van der Waals surface area (Å²) >= 11 is 0. The number of amides is 1. The molecule has 0 aliphatic carbocycles. The van der Waals surface area contributed by atoms with Crippen LogP contribution in [0.25, 0.3) is 10.9 Å². The number of likely N-dealkylation sites (N-methyl/N-ethyl adjacent to an activating group) is 1. The highest BCUT2D eigenvalue weighted by Gasteiger charge is 2.16. The van der Waals surface area contributed by atoms with E-state index in [0.29, 0.717) is 12.1 Å². The zero-order chi connectivity index (χ0) is 16.2. The summed E-state index contributed by atoms with van der Waals surface area (Å²) in [6.07, 6.45) is 2.58. The fraction of sp³-hybridized carbons (Fsp3) is 0.158. The second kappa shape index (κ2) is 6.48. The van der Waals surface area contributed by atoms with Crippen molar-refractivity contribution in [1.82, 2.24) is 4.57 Å². The van der Waals surface area contributed by atoms with Crippen LogP contribution in [0, 0.1) is 0 Å². The van der Waals surface area contributed by atoms with E-state index in [4.69, 9.17) is 0 Å². The van der Waals surface area contributed by atoms with Crippen molar-refractivity contribution in [2.24, 2.45) is 0 Å². The summed E-state index contributed by atoms with van der Waals surface area (Å²) in [7, 11) is 0. The number of hydrogen-bond donors (Lipinski definition) is 0. The van der Waals surface area contributed by atoms with Gasteiger partial charge in [0.15, 0.2) is 6.29 Å². The number of benzene rings is 2. The molecule has 1 amide bonds. The van der Waals surface area contributed by atoms with E-state index in [9.17, 15) is 9.59 Å². The summed E-state index contributed by atoms with van der Waals surface area (Å²) in [4.78, 5) is 25.7. The summed E-state index contributed by atoms with van der Waals surface area (Å²) in [5, 5.41) is 0.873. The van der Waals surface area contributed by atoms with Gasteiger partial charge in [0.05, 0.1) is 0 Å². The Bertz CT molecular complexity index is 837. The van der Waals surface area contributed by atoms with Crippen LogP contribution in [-0.2, 0) is 11.3 Å². The minimum Gasteiger partial charge on any atom is -0.337 e. The van der Waals surface area contributed by atoms with Gasteiger partial charge in [0.1, 0.15) is 6.54 Å². The third-order valence-electron chi connectivity index (χ3n) is 3.94. The standard InChI is InChI=1S/C19H18N2O2/c1-2-21(16-8-4-3-5-9-16)19(23)13-20-12-15(14-22)17-10-6-7-11-18(17)20/h3-12,14H,2,13H2,1H3. The van der Waals surface area contributed by atoms with E-state index < -0.39 is 0 Å². The third-order valence-corrected chi connectivity index (χ3v) is 3.94. The number of carbonyl (C=O) groups excluding carboxylic acids is 2. The van der Waals surface area contributed by atoms with Crippen molar-refractivity contribution in [3.63, 3.8) is 0 Å². The quantitative estimate of drug-likeness (QED) is 0.677. The SMILES string of the molecule is CCN(C(=O)Cn1cc(C=O)c2ccccc21)c1ccccc1. The van der Waals surface area contributed by atoms with Gasteiger partial charge in [-0.15, -0.1) is 0 Å². The molecule has 0 unspecified atom stereocenters. The molecule has 0 atom stereocenters. The van der Waals surface area contributed by atoms with Gasteiger partial charge in [-0.25, -0.2) is 0 Å². The molecule has 0 bridgehead atoms. The van der Waals surface area contributed by atoms with E-state index in [-0.39, 0.29) is 12.5 Å². The summed E-state index contributed by atoms with van der Waals surface area (Å²) in [5.41, 5.74) is 2.38. The summed E-state index contributed by atoms with van der Waals surface area (Å²) < 4.78 is 1.84. The highest BCUT2D eigenvalue weighted by Crippen LogP contribution is 2.21. The first-order valence-corrected chi connectivity index (χ1v) is 7.63. The average molecular weight is 306 g/mol. The molecule has 0 spiro atoms. The van der Waals surface area contributed by atoms with Gasteiger partial charge in [0.2, 0.25) is 5.91 Å². The normalized spacial score (nSPS) is 10.7. The Morgan fingerprint density at radius 2 is 1.78 bits per heavy atom. The van der Waals surface area contributed by atoms with Gasteiger partial charge in [-0.3, -0.25) is 9.59 Å². The average Bonchev–Trinajstić information content (AvgIpc) is 2.94. The van der Waals surface area contributed by atoms with Crippen molar-refractivity contribution in [3.8, 4) is 0 Å². The lowest BCUT2D eigenvalue weighted by Gasteiger charge is -2.21. The van der Waals surface area contributed by atoms with Crippen molar-refractivity contribution in [3.05, 3.63) is 66.4 Å². The topological polar surface area (TPSA) is 42.3 Å². The number of rotatable bonds is 5. The number of nitrogens with zero attached hydrogens (tertiary/aromatic N) is 2. The first-order chi connectivity index (χ1) is 11.2. The molecule has 0 radical (unpaired) electrons. The second-order valence-electron chi connectivity index (χ2n) is 5.32. The predicted octanol–water partition coefficient (Wildman–Crippen LogP) is 3.51. The Morgan fingerprint density at radius 3 is 2.48 bits per heavy atom. The van der Waals surface area contributed by atoms with Crippen molar-refractivity contribution < 1.29 is 9.59 Å². The van der Waals surface area contributed by atoms with Crippen LogP contribution in [0.15, 0.2) is 60.8 Å². The largest absolute Gasteiger partial charge is 0.337 e. The molecule has 4 heteroatoms. The van der Waals surface area contributed by atoms with Crippen LogP contribution in [0.5, 0.6) is 0 Å². The molecule has 1 heterocycles. The Morgan fingerprint density at radius 1 is 1.09 bits per heavy atom. The number of para-hydroxylation sites is 2. The number of fused-ring (bicyclic) bond motifs is 1. The smallest absolute Gasteiger partial charge is 0.246 e. The molecule has 0 N–H and O–H groups in total. The van der Waals surface area contributed by atoms with Gasteiger partial charge in [-0.1, -0.05) is 36.4 Å². The number of aromatic nitrogens is 1. The third kappa shape index (κ3) is 2.88. The molecule has 23 heavy (non-hydrogen) atoms. The lowest BCUT2D eigenvalue weighted by molar-refractivity contribution is -0.119. The maximum Gasteiger partial charge on any atom is 0.246 e. The van der Waals surface area contributed by atoms with Crippen LogP contribution in [0.3, 0.4) is 0 Å². The maximum absolute atomic E-state index is 12.7. The number of anilines is 1. The minimum absolute atomic E-state index is 0.00287. The van der Waals surface area contributed by atoms with E-state index in [1.807, 2.05) is 66.1 Å². The fourth-order valence-corrected chi connectivity index (χ4v) is 2.84. The zero-order valence-corrected chi connectivity index (χ0v) is 13.0. The monoisotopic (exact) mass is 306 g/mol. The number of aldehydes is 1. The Balaban J connectivity index is 1.92. The van der Waals surface area contributed by atoms with Crippen LogP contribution in [0.4, 0.5) is 5.69 Å². The second-order valence-corrected chi connectivity index (χ2v) is 5.32. The van der Waals surface area contributed by atoms with Crippen molar-refractivity contribution in [2.45, 2.75) is 13.5 Å². The molecule has 0 fully saturated rings. The van der Waals surface area contributed by atoms with Gasteiger partial charge in [0, 0.05) is 34.9 Å². The lowest BCUT2D eigenvalue weighted by Crippen LogP contribution is -2.33. The molecule has 0 saturated heterocycles. The van der Waals surface area contributed by atoms with Crippen molar-refractivity contribution >= 4 is 28.8 Å². The van der Waals surface area contributed by atoms with Crippen LogP contribution >= 0.6 is 0 Å². The summed E-state index contributed by atoms with van der Waals surface area (Å²) in [6, 6.07) is 17.2. The molecule has 0 aliphatic heterocycles. The molecule has 0 aliphatic rings. The summed E-state index contributed by atoms with van der Waals surface area (Å²) in [5.74, 6) is -0.00287. The highest BCUT2D eigenvalue weighted by molar-refractivity contribution is 5.99. The highest BCUT2D eigenvalue weighted by atomic mass is 16.2. The first kappa shape index (κ1) is 15.0. The Hall–Kier alpha value is -2.88. The zero-order valence-electron chi connectivity index (χ0n) is 13.0. The molecule has 3 aromatic rings.